The highest BCUT2D eigenvalue weighted by atomic mass is 19.4. The van der Waals surface area contributed by atoms with Crippen LogP contribution in [0.2, 0.25) is 0 Å². The number of amides is 6. The topological polar surface area (TPSA) is 229 Å². The standard InChI is InChI=1S/C48H64F3N11O8/c1-28(2)60(3)33-8-10-39(62-15-11-37(47(62)68)58-44-34-22-31(48(49,50)51)7-9-36(34)55-27-56-44)38(23-33)59-45(66)30-20-32(21-30)57-40(63)12-16-69-18-19-70-17-14-53-41(64)26-54-46(67)35-24-42(65)61(4)43(35)29-6-5-13-52-25-29/h5-7,9,13,22,25,27-28,30,32-33,35,37-39,43H,8,10-12,14-21,23-24,26H2,1-4H3,(H,53,64)(H,54,67)(H,57,63)(H,59,66)(H,55,56,58)/t30-,32+,33-,35+,37+,38-,39+,43-/m1/s1. The third-order valence-corrected chi connectivity index (χ3v) is 14.1. The van der Waals surface area contributed by atoms with E-state index >= 15 is 0 Å². The van der Waals surface area contributed by atoms with E-state index in [1.54, 1.807) is 30.4 Å². The Kier molecular flexibility index (Phi) is 17.2. The number of carbonyl (C=O) groups excluding carboxylic acids is 6. The van der Waals surface area contributed by atoms with Crippen LogP contribution in [0.15, 0.2) is 49.1 Å². The van der Waals surface area contributed by atoms with Gasteiger partial charge in [0.05, 0.1) is 68.1 Å². The summed E-state index contributed by atoms with van der Waals surface area (Å²) in [6.07, 6.45) is 3.58. The van der Waals surface area contributed by atoms with Gasteiger partial charge in [0, 0.05) is 74.8 Å². The first-order valence-electron chi connectivity index (χ1n) is 24.0. The molecule has 2 aliphatic heterocycles. The van der Waals surface area contributed by atoms with Crippen LogP contribution in [0.4, 0.5) is 19.0 Å². The Labute approximate surface area is 404 Å². The van der Waals surface area contributed by atoms with E-state index in [1.165, 1.54) is 17.3 Å². The molecule has 2 aliphatic carbocycles. The van der Waals surface area contributed by atoms with Crippen molar-refractivity contribution in [1.82, 2.24) is 50.9 Å². The summed E-state index contributed by atoms with van der Waals surface area (Å²) in [5.41, 5.74) is 0.227. The predicted molar refractivity (Wildman–Crippen MR) is 249 cm³/mol. The molecule has 1 aromatic carbocycles. The van der Waals surface area contributed by atoms with Gasteiger partial charge in [-0.05, 0) is 89.2 Å². The molecule has 4 fully saturated rings. The molecule has 3 aromatic rings. The molecule has 2 saturated heterocycles. The maximum absolute atomic E-state index is 14.0. The number of alkyl halides is 3. The summed E-state index contributed by atoms with van der Waals surface area (Å²) in [6, 6.07) is 5.29. The largest absolute Gasteiger partial charge is 0.416 e. The van der Waals surface area contributed by atoms with E-state index in [0.29, 0.717) is 44.2 Å². The first-order chi connectivity index (χ1) is 33.5. The van der Waals surface area contributed by atoms with Crippen LogP contribution in [0.3, 0.4) is 0 Å². The molecule has 2 saturated carbocycles. The summed E-state index contributed by atoms with van der Waals surface area (Å²) in [5, 5.41) is 14.8. The van der Waals surface area contributed by atoms with Gasteiger partial charge in [-0.2, -0.15) is 13.2 Å². The highest BCUT2D eigenvalue weighted by Gasteiger charge is 2.46. The van der Waals surface area contributed by atoms with E-state index in [4.69, 9.17) is 9.47 Å². The molecular weight excluding hydrogens is 916 g/mol. The number of nitrogens with zero attached hydrogens (tertiary/aromatic N) is 6. The Morgan fingerprint density at radius 2 is 1.69 bits per heavy atom. The number of halogens is 3. The van der Waals surface area contributed by atoms with Crippen LogP contribution >= 0.6 is 0 Å². The Morgan fingerprint density at radius 3 is 2.41 bits per heavy atom. The monoisotopic (exact) mass is 979 g/mol. The lowest BCUT2D eigenvalue weighted by Gasteiger charge is -2.45. The fourth-order valence-corrected chi connectivity index (χ4v) is 9.90. The van der Waals surface area contributed by atoms with E-state index in [9.17, 15) is 41.9 Å². The number of aromatic nitrogens is 3. The van der Waals surface area contributed by atoms with Crippen molar-refractivity contribution in [2.24, 2.45) is 11.8 Å². The van der Waals surface area contributed by atoms with Crippen LogP contribution < -0.4 is 26.6 Å². The molecule has 4 aliphatic rings. The van der Waals surface area contributed by atoms with Gasteiger partial charge < -0.3 is 50.8 Å². The normalized spacial score (nSPS) is 24.8. The third-order valence-electron chi connectivity index (χ3n) is 14.1. The van der Waals surface area contributed by atoms with Gasteiger partial charge in [0.25, 0.3) is 0 Å². The average Bonchev–Trinajstić information content (AvgIpc) is 3.84. The summed E-state index contributed by atoms with van der Waals surface area (Å²) in [7, 11) is 3.70. The third kappa shape index (κ3) is 12.8. The lowest BCUT2D eigenvalue weighted by molar-refractivity contribution is -0.137. The number of likely N-dealkylation sites (tertiary alicyclic amines) is 2. The van der Waals surface area contributed by atoms with Crippen LogP contribution in [0, 0.1) is 11.8 Å². The molecule has 5 N–H and O–H groups in total. The lowest BCUT2D eigenvalue weighted by atomic mass is 9.78. The number of hydrogen-bond donors (Lipinski definition) is 5. The number of benzene rings is 1. The zero-order valence-corrected chi connectivity index (χ0v) is 40.0. The second kappa shape index (κ2) is 23.3. The van der Waals surface area contributed by atoms with Crippen molar-refractivity contribution in [3.05, 3.63) is 60.2 Å². The van der Waals surface area contributed by atoms with Gasteiger partial charge in [0.2, 0.25) is 35.4 Å². The predicted octanol–water partition coefficient (Wildman–Crippen LogP) is 2.57. The van der Waals surface area contributed by atoms with Gasteiger partial charge in [0.1, 0.15) is 18.2 Å². The van der Waals surface area contributed by atoms with Crippen LogP contribution in [0.1, 0.15) is 82.4 Å². The maximum atomic E-state index is 14.0. The Balaban J connectivity index is 0.778. The molecule has 70 heavy (non-hydrogen) atoms. The van der Waals surface area contributed by atoms with Gasteiger partial charge in [-0.1, -0.05) is 6.07 Å². The molecule has 2 aromatic heterocycles. The quantitative estimate of drug-likeness (QED) is 0.0969. The minimum atomic E-state index is -4.56. The van der Waals surface area contributed by atoms with Gasteiger partial charge in [-0.15, -0.1) is 0 Å². The molecule has 0 unspecified atom stereocenters. The minimum Gasteiger partial charge on any atom is -0.379 e. The highest BCUT2D eigenvalue weighted by molar-refractivity contribution is 5.94. The molecule has 22 heteroatoms. The number of pyridine rings is 1. The lowest BCUT2D eigenvalue weighted by Crippen LogP contribution is -2.60. The molecule has 0 radical (unpaired) electrons. The Hall–Kier alpha value is -6.00. The van der Waals surface area contributed by atoms with Crippen molar-refractivity contribution in [3.8, 4) is 0 Å². The number of hydrogen-bond acceptors (Lipinski definition) is 13. The second-order valence-corrected chi connectivity index (χ2v) is 18.9. The van der Waals surface area contributed by atoms with E-state index in [2.05, 4.69) is 67.3 Å². The zero-order valence-electron chi connectivity index (χ0n) is 40.0. The number of rotatable bonds is 21. The summed E-state index contributed by atoms with van der Waals surface area (Å²) in [6.45, 7) is 5.44. The molecule has 7 rings (SSSR count). The molecule has 0 spiro atoms. The van der Waals surface area contributed by atoms with E-state index < -0.39 is 41.6 Å². The fraction of sp³-hybridized carbons (Fsp3) is 0.604. The summed E-state index contributed by atoms with van der Waals surface area (Å²) in [5.74, 6) is -2.28. The van der Waals surface area contributed by atoms with Crippen LogP contribution in [0.25, 0.3) is 10.9 Å². The number of nitrogens with one attached hydrogen (secondary N) is 5. The van der Waals surface area contributed by atoms with Crippen molar-refractivity contribution < 1.29 is 51.4 Å². The van der Waals surface area contributed by atoms with E-state index in [1.807, 2.05) is 6.07 Å². The van der Waals surface area contributed by atoms with Crippen LogP contribution in [0.5, 0.6) is 0 Å². The van der Waals surface area contributed by atoms with Gasteiger partial charge in [-0.25, -0.2) is 9.97 Å². The van der Waals surface area contributed by atoms with Crippen molar-refractivity contribution in [3.63, 3.8) is 0 Å². The number of anilines is 1. The van der Waals surface area contributed by atoms with Gasteiger partial charge in [0.15, 0.2) is 0 Å². The molecule has 380 valence electrons. The first kappa shape index (κ1) is 51.8. The van der Waals surface area contributed by atoms with Crippen LogP contribution in [-0.4, -0.2) is 162 Å². The Bertz CT molecular complexity index is 2340. The van der Waals surface area contributed by atoms with Gasteiger partial charge in [-0.3, -0.25) is 33.8 Å². The molecule has 0 bridgehead atoms. The van der Waals surface area contributed by atoms with Crippen LogP contribution in [-0.2, 0) is 44.4 Å². The number of fused-ring (bicyclic) bond motifs is 1. The average molecular weight is 980 g/mol. The van der Waals surface area contributed by atoms with E-state index in [0.717, 1.165) is 24.1 Å². The van der Waals surface area contributed by atoms with E-state index in [-0.39, 0.29) is 123 Å². The molecular formula is C48H64F3N11O8. The highest BCUT2D eigenvalue weighted by Crippen LogP contribution is 2.38. The maximum Gasteiger partial charge on any atom is 0.416 e. The molecule has 6 atom stereocenters. The van der Waals surface area contributed by atoms with Crippen molar-refractivity contribution >= 4 is 52.2 Å². The second-order valence-electron chi connectivity index (χ2n) is 18.9. The molecule has 4 heterocycles. The summed E-state index contributed by atoms with van der Waals surface area (Å²) < 4.78 is 51.8. The number of ether oxygens (including phenoxy) is 2. The summed E-state index contributed by atoms with van der Waals surface area (Å²) >= 11 is 0. The summed E-state index contributed by atoms with van der Waals surface area (Å²) in [4.78, 5) is 96.0. The fourth-order valence-electron chi connectivity index (χ4n) is 9.90. The van der Waals surface area contributed by atoms with Crippen molar-refractivity contribution in [2.75, 3.05) is 65.5 Å². The SMILES string of the molecule is CC(C)N(C)[C@@H]1CC[C@H](N2CC[C@H](Nc3ncnc4ccc(C(F)(F)F)cc34)C2=O)[C@H](NC(=O)[C@H]2C[C@@H](NC(=O)CCOCCOCCNC(=O)CNC(=O)[C@H]3CC(=O)N(C)[C@@H]3c3cccnc3)C2)C1. The Morgan fingerprint density at radius 1 is 0.914 bits per heavy atom. The van der Waals surface area contributed by atoms with Crippen molar-refractivity contribution in [2.45, 2.75) is 114 Å². The van der Waals surface area contributed by atoms with Crippen molar-refractivity contribution in [1.29, 1.82) is 0 Å². The molecule has 6 amide bonds. The first-order valence-corrected chi connectivity index (χ1v) is 24.0. The molecule has 19 nitrogen and oxygen atoms in total. The number of carbonyl (C=O) groups is 6. The minimum absolute atomic E-state index is 0.0408. The zero-order chi connectivity index (χ0) is 50.1. The smallest absolute Gasteiger partial charge is 0.379 e. The van der Waals surface area contributed by atoms with Gasteiger partial charge >= 0.3 is 6.18 Å².